The van der Waals surface area contributed by atoms with Crippen LogP contribution < -0.4 is 5.73 Å². The van der Waals surface area contributed by atoms with Gasteiger partial charge in [0.15, 0.2) is 0 Å². The predicted molar refractivity (Wildman–Crippen MR) is 70.1 cm³/mol. The van der Waals surface area contributed by atoms with E-state index in [2.05, 4.69) is 6.58 Å². The number of sulfonamides is 1. The van der Waals surface area contributed by atoms with Gasteiger partial charge in [0.05, 0.1) is 4.90 Å². The van der Waals surface area contributed by atoms with Crippen molar-refractivity contribution in [2.45, 2.75) is 18.2 Å². The minimum atomic E-state index is -3.73. The van der Waals surface area contributed by atoms with Gasteiger partial charge in [0.1, 0.15) is 5.82 Å². The lowest BCUT2D eigenvalue weighted by molar-refractivity contribution is 0.441. The molecule has 0 amide bonds. The van der Waals surface area contributed by atoms with Gasteiger partial charge < -0.3 is 5.73 Å². The number of anilines is 1. The molecule has 0 aliphatic carbocycles. The molecule has 18 heavy (non-hydrogen) atoms. The summed E-state index contributed by atoms with van der Waals surface area (Å²) in [6.07, 6.45) is 2.16. The van der Waals surface area contributed by atoms with Crippen molar-refractivity contribution < 1.29 is 12.8 Å². The number of rotatable bonds is 6. The molecule has 0 aliphatic heterocycles. The van der Waals surface area contributed by atoms with Crippen LogP contribution in [0, 0.1) is 5.82 Å². The summed E-state index contributed by atoms with van der Waals surface area (Å²) in [5.74, 6) is -0.663. The van der Waals surface area contributed by atoms with Crippen molar-refractivity contribution >= 4 is 15.7 Å². The van der Waals surface area contributed by atoms with Crippen molar-refractivity contribution in [3.05, 3.63) is 36.7 Å². The number of nitrogens with zero attached hydrogens (tertiary/aromatic N) is 1. The van der Waals surface area contributed by atoms with Gasteiger partial charge in [-0.15, -0.1) is 6.58 Å². The topological polar surface area (TPSA) is 63.4 Å². The van der Waals surface area contributed by atoms with E-state index >= 15 is 0 Å². The number of hydrogen-bond donors (Lipinski definition) is 1. The molecule has 0 atom stereocenters. The second-order valence-electron chi connectivity index (χ2n) is 3.87. The molecule has 0 unspecified atom stereocenters. The van der Waals surface area contributed by atoms with E-state index in [1.54, 1.807) is 0 Å². The normalized spacial score (nSPS) is 11.7. The van der Waals surface area contributed by atoms with E-state index in [9.17, 15) is 12.8 Å². The third-order valence-electron chi connectivity index (χ3n) is 2.34. The summed E-state index contributed by atoms with van der Waals surface area (Å²) in [5.41, 5.74) is 5.55. The molecule has 0 aromatic heterocycles. The second-order valence-corrected chi connectivity index (χ2v) is 5.81. The molecule has 0 spiro atoms. The van der Waals surface area contributed by atoms with Gasteiger partial charge in [-0.25, -0.2) is 12.8 Å². The molecule has 2 N–H and O–H groups in total. The maximum atomic E-state index is 13.2. The Bertz CT molecular complexity index is 509. The molecule has 100 valence electrons. The van der Waals surface area contributed by atoms with Gasteiger partial charge >= 0.3 is 0 Å². The molecule has 0 saturated heterocycles. The lowest BCUT2D eigenvalue weighted by atomic mass is 10.3. The van der Waals surface area contributed by atoms with E-state index in [1.165, 1.54) is 16.4 Å². The first-order valence-electron chi connectivity index (χ1n) is 5.59. The van der Waals surface area contributed by atoms with E-state index in [1.807, 2.05) is 6.92 Å². The first kappa shape index (κ1) is 14.7. The Labute approximate surface area is 107 Å². The molecule has 1 aromatic rings. The molecule has 0 aliphatic rings. The third-order valence-corrected chi connectivity index (χ3v) is 4.18. The fourth-order valence-electron chi connectivity index (χ4n) is 1.59. The molecule has 0 fully saturated rings. The highest BCUT2D eigenvalue weighted by Crippen LogP contribution is 2.20. The van der Waals surface area contributed by atoms with Gasteiger partial charge in [-0.05, 0) is 24.6 Å². The van der Waals surface area contributed by atoms with E-state index in [0.29, 0.717) is 13.0 Å². The zero-order valence-electron chi connectivity index (χ0n) is 10.3. The van der Waals surface area contributed by atoms with Crippen LogP contribution in [0.1, 0.15) is 13.3 Å². The predicted octanol–water partition coefficient (Wildman–Crippen LogP) is 1.99. The summed E-state index contributed by atoms with van der Waals surface area (Å²) in [7, 11) is -3.73. The monoisotopic (exact) mass is 272 g/mol. The number of halogens is 1. The average molecular weight is 272 g/mol. The lowest BCUT2D eigenvalue weighted by Gasteiger charge is -2.20. The Morgan fingerprint density at radius 2 is 2.11 bits per heavy atom. The first-order valence-corrected chi connectivity index (χ1v) is 7.03. The highest BCUT2D eigenvalue weighted by molar-refractivity contribution is 7.89. The molecule has 1 aromatic carbocycles. The molecule has 0 bridgehead atoms. The van der Waals surface area contributed by atoms with Crippen molar-refractivity contribution in [3.63, 3.8) is 0 Å². The average Bonchev–Trinajstić information content (AvgIpc) is 2.27. The summed E-state index contributed by atoms with van der Waals surface area (Å²) in [4.78, 5) is -0.129. The largest absolute Gasteiger partial charge is 0.399 e. The van der Waals surface area contributed by atoms with Gasteiger partial charge in [-0.1, -0.05) is 13.0 Å². The Hall–Kier alpha value is -1.40. The summed E-state index contributed by atoms with van der Waals surface area (Å²) >= 11 is 0. The molecular formula is C12H17FN2O2S. The summed E-state index contributed by atoms with van der Waals surface area (Å²) in [6.45, 7) is 5.93. The van der Waals surface area contributed by atoms with Gasteiger partial charge in [-0.2, -0.15) is 4.31 Å². The van der Waals surface area contributed by atoms with E-state index in [4.69, 9.17) is 5.73 Å². The van der Waals surface area contributed by atoms with Crippen molar-refractivity contribution in [2.24, 2.45) is 0 Å². The maximum absolute atomic E-state index is 13.2. The number of nitrogen functional groups attached to an aromatic ring is 1. The SMILES string of the molecule is C=CCN(CCC)S(=O)(=O)c1cc(N)cc(F)c1. The minimum Gasteiger partial charge on any atom is -0.399 e. The smallest absolute Gasteiger partial charge is 0.243 e. The van der Waals surface area contributed by atoms with Crippen molar-refractivity contribution in [2.75, 3.05) is 18.8 Å². The molecule has 6 heteroatoms. The Balaban J connectivity index is 3.21. The van der Waals surface area contributed by atoms with Crippen LogP contribution in [0.5, 0.6) is 0 Å². The number of benzene rings is 1. The van der Waals surface area contributed by atoms with Gasteiger partial charge in [-0.3, -0.25) is 0 Å². The number of nitrogens with two attached hydrogens (primary N) is 1. The molecule has 0 heterocycles. The first-order chi connectivity index (χ1) is 8.41. The Morgan fingerprint density at radius 3 is 2.61 bits per heavy atom. The van der Waals surface area contributed by atoms with Crippen LogP contribution >= 0.6 is 0 Å². The third kappa shape index (κ3) is 3.30. The lowest BCUT2D eigenvalue weighted by Crippen LogP contribution is -2.32. The summed E-state index contributed by atoms with van der Waals surface area (Å²) in [5, 5.41) is 0. The standard InChI is InChI=1S/C12H17FN2O2S/c1-3-5-15(6-4-2)18(16,17)12-8-10(13)7-11(14)9-12/h3,7-9H,1,4-6,14H2,2H3. The van der Waals surface area contributed by atoms with Crippen LogP contribution in [-0.2, 0) is 10.0 Å². The van der Waals surface area contributed by atoms with Gasteiger partial charge in [0.2, 0.25) is 10.0 Å². The van der Waals surface area contributed by atoms with Gasteiger partial charge in [0.25, 0.3) is 0 Å². The maximum Gasteiger partial charge on any atom is 0.243 e. The van der Waals surface area contributed by atoms with Crippen LogP contribution in [0.15, 0.2) is 35.7 Å². The van der Waals surface area contributed by atoms with Crippen LogP contribution in [-0.4, -0.2) is 25.8 Å². The van der Waals surface area contributed by atoms with E-state index in [-0.39, 0.29) is 17.1 Å². The fourth-order valence-corrected chi connectivity index (χ4v) is 3.15. The summed E-state index contributed by atoms with van der Waals surface area (Å²) < 4.78 is 39.0. The molecule has 0 saturated carbocycles. The van der Waals surface area contributed by atoms with Crippen LogP contribution in [0.2, 0.25) is 0 Å². The van der Waals surface area contributed by atoms with Crippen LogP contribution in [0.3, 0.4) is 0 Å². The summed E-state index contributed by atoms with van der Waals surface area (Å²) in [6, 6.07) is 3.30. The second kappa shape index (κ2) is 5.97. The molecule has 1 rings (SSSR count). The Morgan fingerprint density at radius 1 is 1.44 bits per heavy atom. The van der Waals surface area contributed by atoms with E-state index in [0.717, 1.165) is 12.1 Å². The Kier molecular flexibility index (Phi) is 4.86. The van der Waals surface area contributed by atoms with Crippen molar-refractivity contribution in [1.82, 2.24) is 4.31 Å². The van der Waals surface area contributed by atoms with Gasteiger partial charge in [0, 0.05) is 18.8 Å². The van der Waals surface area contributed by atoms with Crippen molar-refractivity contribution in [3.8, 4) is 0 Å². The molecular weight excluding hydrogens is 255 g/mol. The highest BCUT2D eigenvalue weighted by Gasteiger charge is 2.23. The zero-order valence-corrected chi connectivity index (χ0v) is 11.1. The quantitative estimate of drug-likeness (QED) is 0.636. The zero-order chi connectivity index (χ0) is 13.8. The van der Waals surface area contributed by atoms with E-state index < -0.39 is 15.8 Å². The highest BCUT2D eigenvalue weighted by atomic mass is 32.2. The molecule has 4 nitrogen and oxygen atoms in total. The van der Waals surface area contributed by atoms with Crippen LogP contribution in [0.25, 0.3) is 0 Å². The minimum absolute atomic E-state index is 0.0867. The fraction of sp³-hybridized carbons (Fsp3) is 0.333. The molecule has 0 radical (unpaired) electrons. The van der Waals surface area contributed by atoms with Crippen molar-refractivity contribution in [1.29, 1.82) is 0 Å². The van der Waals surface area contributed by atoms with Crippen LogP contribution in [0.4, 0.5) is 10.1 Å². The number of hydrogen-bond acceptors (Lipinski definition) is 3.